The lowest BCUT2D eigenvalue weighted by molar-refractivity contribution is -0.129. The molecule has 2 fully saturated rings. The van der Waals surface area contributed by atoms with Gasteiger partial charge in [-0.3, -0.25) is 14.5 Å². The summed E-state index contributed by atoms with van der Waals surface area (Å²) in [6, 6.07) is 6.73. The number of amides is 2. The van der Waals surface area contributed by atoms with Crippen molar-refractivity contribution in [2.75, 3.05) is 11.9 Å². The molecule has 3 aliphatic rings. The Balaban J connectivity index is 1.43. The molecule has 0 bridgehead atoms. The van der Waals surface area contributed by atoms with Crippen molar-refractivity contribution in [3.8, 4) is 0 Å². The molecule has 2 amide bonds. The number of anilines is 1. The van der Waals surface area contributed by atoms with Gasteiger partial charge in [-0.1, -0.05) is 31.4 Å². The number of rotatable bonds is 4. The van der Waals surface area contributed by atoms with E-state index in [0.29, 0.717) is 12.5 Å². The highest BCUT2D eigenvalue weighted by Crippen LogP contribution is 2.30. The fourth-order valence-corrected chi connectivity index (χ4v) is 4.97. The van der Waals surface area contributed by atoms with Crippen molar-refractivity contribution in [3.05, 3.63) is 29.3 Å². The number of piperidine rings is 1. The first kappa shape index (κ1) is 18.5. The van der Waals surface area contributed by atoms with Crippen LogP contribution in [0.15, 0.2) is 18.2 Å². The van der Waals surface area contributed by atoms with Gasteiger partial charge in [0.25, 0.3) is 0 Å². The van der Waals surface area contributed by atoms with E-state index in [1.54, 1.807) is 0 Å². The van der Waals surface area contributed by atoms with Crippen LogP contribution in [0.2, 0.25) is 0 Å². The second-order valence-corrected chi connectivity index (χ2v) is 8.38. The number of likely N-dealkylation sites (tertiary alicyclic amines) is 1. The van der Waals surface area contributed by atoms with E-state index in [-0.39, 0.29) is 23.9 Å². The number of nitrogens with one attached hydrogen (secondary N) is 2. The Hall–Kier alpha value is -1.88. The summed E-state index contributed by atoms with van der Waals surface area (Å²) in [5.74, 6) is 0.265. The fraction of sp³-hybridized carbons (Fsp3) is 0.636. The highest BCUT2D eigenvalue weighted by Gasteiger charge is 2.35. The van der Waals surface area contributed by atoms with Gasteiger partial charge < -0.3 is 10.6 Å². The summed E-state index contributed by atoms with van der Waals surface area (Å²) in [6.45, 7) is 3.12. The highest BCUT2D eigenvalue weighted by atomic mass is 16.2. The van der Waals surface area contributed by atoms with Crippen LogP contribution in [0, 0.1) is 0 Å². The predicted molar refractivity (Wildman–Crippen MR) is 107 cm³/mol. The Morgan fingerprint density at radius 1 is 1.15 bits per heavy atom. The lowest BCUT2D eigenvalue weighted by Gasteiger charge is -2.39. The maximum atomic E-state index is 13.1. The average Bonchev–Trinajstić information content (AvgIpc) is 3.22. The first-order valence-corrected chi connectivity index (χ1v) is 10.6. The minimum absolute atomic E-state index is 0.0206. The van der Waals surface area contributed by atoms with Crippen LogP contribution >= 0.6 is 0 Å². The van der Waals surface area contributed by atoms with Gasteiger partial charge >= 0.3 is 0 Å². The van der Waals surface area contributed by atoms with Gasteiger partial charge in [-0.15, -0.1) is 0 Å². The van der Waals surface area contributed by atoms with Gasteiger partial charge in [-0.25, -0.2) is 0 Å². The zero-order chi connectivity index (χ0) is 18.8. The Bertz CT molecular complexity index is 712. The Labute approximate surface area is 161 Å². The molecule has 2 heterocycles. The summed E-state index contributed by atoms with van der Waals surface area (Å²) in [7, 11) is 0. The van der Waals surface area contributed by atoms with Crippen LogP contribution in [-0.2, 0) is 16.0 Å². The maximum Gasteiger partial charge on any atom is 0.237 e. The molecule has 1 aromatic carbocycles. The van der Waals surface area contributed by atoms with E-state index in [1.807, 2.05) is 12.1 Å². The van der Waals surface area contributed by atoms with Crippen molar-refractivity contribution in [1.82, 2.24) is 10.2 Å². The van der Waals surface area contributed by atoms with E-state index in [9.17, 15) is 9.59 Å². The van der Waals surface area contributed by atoms with Crippen LogP contribution in [-0.4, -0.2) is 35.3 Å². The second-order valence-electron chi connectivity index (χ2n) is 8.38. The molecule has 1 aromatic rings. The zero-order valence-electron chi connectivity index (χ0n) is 16.3. The summed E-state index contributed by atoms with van der Waals surface area (Å²) < 4.78 is 0. The standard InChI is InChI=1S/C22H31N3O2/c1-15(16-9-11-19-17(14-16)10-12-21(26)24-19)23-22(27)20-8-4-5-13-25(20)18-6-2-3-7-18/h9,11,14-15,18,20H,2-8,10,12-13H2,1H3,(H,23,27)(H,24,26). The molecule has 27 heavy (non-hydrogen) atoms. The molecular weight excluding hydrogens is 338 g/mol. The van der Waals surface area contributed by atoms with E-state index in [2.05, 4.69) is 28.5 Å². The molecule has 1 saturated carbocycles. The van der Waals surface area contributed by atoms with Gasteiger partial charge in [0.2, 0.25) is 11.8 Å². The monoisotopic (exact) mass is 369 g/mol. The smallest absolute Gasteiger partial charge is 0.237 e. The third-order valence-corrected chi connectivity index (χ3v) is 6.52. The van der Waals surface area contributed by atoms with Gasteiger partial charge in [-0.2, -0.15) is 0 Å². The number of fused-ring (bicyclic) bond motifs is 1. The molecule has 4 rings (SSSR count). The van der Waals surface area contributed by atoms with Crippen molar-refractivity contribution >= 4 is 17.5 Å². The van der Waals surface area contributed by atoms with Crippen LogP contribution in [0.25, 0.3) is 0 Å². The van der Waals surface area contributed by atoms with Crippen LogP contribution in [0.1, 0.15) is 75.5 Å². The zero-order valence-corrected chi connectivity index (χ0v) is 16.3. The maximum absolute atomic E-state index is 13.1. The van der Waals surface area contributed by atoms with E-state index < -0.39 is 0 Å². The van der Waals surface area contributed by atoms with Crippen molar-refractivity contribution in [1.29, 1.82) is 0 Å². The van der Waals surface area contributed by atoms with Gasteiger partial charge in [-0.05, 0) is 62.8 Å². The lowest BCUT2D eigenvalue weighted by atomic mass is 9.96. The summed E-state index contributed by atoms with van der Waals surface area (Å²) >= 11 is 0. The molecule has 2 unspecified atom stereocenters. The number of hydrogen-bond donors (Lipinski definition) is 2. The number of aryl methyl sites for hydroxylation is 1. The molecule has 0 aromatic heterocycles. The topological polar surface area (TPSA) is 61.4 Å². The molecule has 2 N–H and O–H groups in total. The molecule has 1 saturated heterocycles. The Morgan fingerprint density at radius 3 is 2.74 bits per heavy atom. The van der Waals surface area contributed by atoms with E-state index in [4.69, 9.17) is 0 Å². The van der Waals surface area contributed by atoms with Crippen molar-refractivity contribution in [2.24, 2.45) is 0 Å². The quantitative estimate of drug-likeness (QED) is 0.853. The molecule has 5 heteroatoms. The van der Waals surface area contributed by atoms with Crippen LogP contribution in [0.5, 0.6) is 0 Å². The van der Waals surface area contributed by atoms with Gasteiger partial charge in [0.1, 0.15) is 0 Å². The van der Waals surface area contributed by atoms with Crippen molar-refractivity contribution < 1.29 is 9.59 Å². The Morgan fingerprint density at radius 2 is 1.93 bits per heavy atom. The molecule has 0 radical (unpaired) electrons. The van der Waals surface area contributed by atoms with Crippen LogP contribution in [0.4, 0.5) is 5.69 Å². The fourth-order valence-electron chi connectivity index (χ4n) is 4.97. The number of hydrogen-bond acceptors (Lipinski definition) is 3. The summed E-state index contributed by atoms with van der Waals surface area (Å²) in [5.41, 5.74) is 3.19. The minimum atomic E-state index is -0.0206. The molecule has 5 nitrogen and oxygen atoms in total. The lowest BCUT2D eigenvalue weighted by Crippen LogP contribution is -2.53. The molecule has 0 spiro atoms. The first-order valence-electron chi connectivity index (χ1n) is 10.6. The molecule has 2 aliphatic heterocycles. The molecule has 1 aliphatic carbocycles. The normalized spacial score (nSPS) is 24.9. The van der Waals surface area contributed by atoms with Gasteiger partial charge in [0.05, 0.1) is 12.1 Å². The Kier molecular flexibility index (Phi) is 5.48. The van der Waals surface area contributed by atoms with Crippen molar-refractivity contribution in [3.63, 3.8) is 0 Å². The molecular formula is C22H31N3O2. The minimum Gasteiger partial charge on any atom is -0.348 e. The summed E-state index contributed by atoms with van der Waals surface area (Å²) in [4.78, 5) is 27.1. The number of benzene rings is 1. The van der Waals surface area contributed by atoms with E-state index in [0.717, 1.165) is 37.1 Å². The van der Waals surface area contributed by atoms with E-state index in [1.165, 1.54) is 37.7 Å². The number of carbonyl (C=O) groups excluding carboxylic acids is 2. The average molecular weight is 370 g/mol. The molecule has 2 atom stereocenters. The van der Waals surface area contributed by atoms with Gasteiger partial charge in [0, 0.05) is 18.2 Å². The summed E-state index contributed by atoms with van der Waals surface area (Å²) in [6.07, 6.45) is 9.75. The molecule has 146 valence electrons. The number of carbonyl (C=O) groups is 2. The van der Waals surface area contributed by atoms with E-state index >= 15 is 0 Å². The van der Waals surface area contributed by atoms with Crippen LogP contribution < -0.4 is 10.6 Å². The third-order valence-electron chi connectivity index (χ3n) is 6.52. The number of nitrogens with zero attached hydrogens (tertiary/aromatic N) is 1. The second kappa shape index (κ2) is 8.01. The third kappa shape index (κ3) is 4.03. The van der Waals surface area contributed by atoms with Crippen molar-refractivity contribution in [2.45, 2.75) is 82.8 Å². The van der Waals surface area contributed by atoms with Gasteiger partial charge in [0.15, 0.2) is 0 Å². The highest BCUT2D eigenvalue weighted by molar-refractivity contribution is 5.93. The van der Waals surface area contributed by atoms with Crippen LogP contribution in [0.3, 0.4) is 0 Å². The first-order chi connectivity index (χ1) is 13.1. The predicted octanol–water partition coefficient (Wildman–Crippen LogP) is 3.55. The SMILES string of the molecule is CC(NC(=O)C1CCCCN1C1CCCC1)c1ccc2c(c1)CCC(=O)N2. The summed E-state index contributed by atoms with van der Waals surface area (Å²) in [5, 5.41) is 6.19. The largest absolute Gasteiger partial charge is 0.348 e.